The Balaban J connectivity index is 1.26. The van der Waals surface area contributed by atoms with Gasteiger partial charge in [0.1, 0.15) is 11.2 Å². The van der Waals surface area contributed by atoms with Gasteiger partial charge in [0, 0.05) is 27.5 Å². The Hall–Kier alpha value is -5.87. The van der Waals surface area contributed by atoms with Gasteiger partial charge in [0.15, 0.2) is 17.5 Å². The summed E-state index contributed by atoms with van der Waals surface area (Å²) < 4.78 is 6.19. The molecule has 43 heavy (non-hydrogen) atoms. The summed E-state index contributed by atoms with van der Waals surface area (Å²) >= 11 is 0. The zero-order chi connectivity index (χ0) is 28.3. The summed E-state index contributed by atoms with van der Waals surface area (Å²) in [6.45, 7) is 0. The van der Waals surface area contributed by atoms with Crippen molar-refractivity contribution in [2.75, 3.05) is 0 Å². The van der Waals surface area contributed by atoms with Crippen LogP contribution in [0, 0.1) is 0 Å². The predicted molar refractivity (Wildman–Crippen MR) is 176 cm³/mol. The summed E-state index contributed by atoms with van der Waals surface area (Å²) in [6, 6.07) is 48.2. The summed E-state index contributed by atoms with van der Waals surface area (Å²) in [5, 5.41) is 9.42. The Labute approximate surface area is 246 Å². The molecular formula is C39H23N3O. The maximum Gasteiger partial charge on any atom is 0.164 e. The normalized spacial score (nSPS) is 11.7. The molecule has 0 bridgehead atoms. The van der Waals surface area contributed by atoms with E-state index in [0.29, 0.717) is 17.5 Å². The number of aromatic nitrogens is 3. The van der Waals surface area contributed by atoms with Crippen molar-refractivity contribution in [2.45, 2.75) is 0 Å². The number of hydrogen-bond donors (Lipinski definition) is 0. The lowest BCUT2D eigenvalue weighted by Crippen LogP contribution is -2.00. The van der Waals surface area contributed by atoms with E-state index in [2.05, 4.69) is 66.7 Å². The largest absolute Gasteiger partial charge is 0.456 e. The fourth-order valence-electron chi connectivity index (χ4n) is 6.18. The maximum absolute atomic E-state index is 6.19. The van der Waals surface area contributed by atoms with Crippen LogP contribution in [0.3, 0.4) is 0 Å². The minimum Gasteiger partial charge on any atom is -0.456 e. The third kappa shape index (κ3) is 3.88. The second kappa shape index (κ2) is 9.33. The van der Waals surface area contributed by atoms with Crippen LogP contribution in [0.1, 0.15) is 0 Å². The highest BCUT2D eigenvalue weighted by Crippen LogP contribution is 2.38. The zero-order valence-electron chi connectivity index (χ0n) is 23.0. The molecule has 9 rings (SSSR count). The van der Waals surface area contributed by atoms with Gasteiger partial charge in [-0.25, -0.2) is 15.0 Å². The molecule has 0 aliphatic carbocycles. The van der Waals surface area contributed by atoms with E-state index < -0.39 is 0 Å². The average molecular weight is 550 g/mol. The lowest BCUT2D eigenvalue weighted by Gasteiger charge is -2.11. The molecule has 0 fully saturated rings. The highest BCUT2D eigenvalue weighted by atomic mass is 16.3. The fourth-order valence-corrected chi connectivity index (χ4v) is 6.18. The molecule has 0 aliphatic heterocycles. The third-order valence-electron chi connectivity index (χ3n) is 8.27. The van der Waals surface area contributed by atoms with E-state index in [1.165, 1.54) is 21.5 Å². The Morgan fingerprint density at radius 3 is 1.63 bits per heavy atom. The molecule has 0 amide bonds. The molecule has 0 atom stereocenters. The highest BCUT2D eigenvalue weighted by Gasteiger charge is 2.15. The molecule has 2 aromatic heterocycles. The van der Waals surface area contributed by atoms with E-state index in [-0.39, 0.29) is 0 Å². The van der Waals surface area contributed by atoms with Gasteiger partial charge in [0.2, 0.25) is 0 Å². The van der Waals surface area contributed by atoms with Gasteiger partial charge >= 0.3 is 0 Å². The lowest BCUT2D eigenvalue weighted by atomic mass is 9.94. The van der Waals surface area contributed by atoms with Gasteiger partial charge in [-0.3, -0.25) is 0 Å². The summed E-state index contributed by atoms with van der Waals surface area (Å²) in [4.78, 5) is 14.7. The van der Waals surface area contributed by atoms with Crippen LogP contribution in [-0.2, 0) is 0 Å². The van der Waals surface area contributed by atoms with E-state index in [1.807, 2.05) is 72.8 Å². The molecule has 0 aliphatic rings. The molecule has 9 aromatic rings. The first kappa shape index (κ1) is 23.8. The second-order valence-electron chi connectivity index (χ2n) is 10.9. The van der Waals surface area contributed by atoms with Gasteiger partial charge in [0.05, 0.1) is 0 Å². The van der Waals surface area contributed by atoms with Crippen molar-refractivity contribution in [1.29, 1.82) is 0 Å². The molecule has 0 spiro atoms. The zero-order valence-corrected chi connectivity index (χ0v) is 23.0. The highest BCUT2D eigenvalue weighted by molar-refractivity contribution is 6.23. The van der Waals surface area contributed by atoms with Crippen LogP contribution in [0.25, 0.3) is 88.4 Å². The molecule has 200 valence electrons. The molecule has 4 heteroatoms. The van der Waals surface area contributed by atoms with Crippen molar-refractivity contribution in [3.05, 3.63) is 140 Å². The monoisotopic (exact) mass is 549 g/mol. The van der Waals surface area contributed by atoms with Crippen molar-refractivity contribution >= 4 is 54.3 Å². The van der Waals surface area contributed by atoms with Crippen LogP contribution in [-0.4, -0.2) is 15.0 Å². The SMILES string of the molecule is c1ccc(-c2nc(-c3ccccc3)nc(-c3ccc4c(ccc5ccc6cc7oc8ccccc8c7cc6c54)c3)n2)cc1. The van der Waals surface area contributed by atoms with Gasteiger partial charge in [-0.05, 0) is 56.6 Å². The number of nitrogens with zero attached hydrogens (tertiary/aromatic N) is 3. The number of benzene rings is 7. The fraction of sp³-hybridized carbons (Fsp3) is 0. The molecule has 0 N–H and O–H groups in total. The van der Waals surface area contributed by atoms with Crippen molar-refractivity contribution in [1.82, 2.24) is 15.0 Å². The minimum absolute atomic E-state index is 0.652. The van der Waals surface area contributed by atoms with Crippen LogP contribution >= 0.6 is 0 Å². The van der Waals surface area contributed by atoms with Gasteiger partial charge < -0.3 is 4.42 Å². The van der Waals surface area contributed by atoms with E-state index in [1.54, 1.807) is 0 Å². The first-order chi connectivity index (χ1) is 21.3. The molecule has 4 nitrogen and oxygen atoms in total. The molecule has 0 saturated heterocycles. The van der Waals surface area contributed by atoms with Crippen LogP contribution in [0.4, 0.5) is 0 Å². The van der Waals surface area contributed by atoms with Gasteiger partial charge in [0.25, 0.3) is 0 Å². The molecule has 0 unspecified atom stereocenters. The van der Waals surface area contributed by atoms with E-state index >= 15 is 0 Å². The minimum atomic E-state index is 0.652. The number of para-hydroxylation sites is 1. The number of rotatable bonds is 3. The van der Waals surface area contributed by atoms with Crippen molar-refractivity contribution in [2.24, 2.45) is 0 Å². The number of hydrogen-bond acceptors (Lipinski definition) is 4. The summed E-state index contributed by atoms with van der Waals surface area (Å²) in [5.74, 6) is 1.97. The quantitative estimate of drug-likeness (QED) is 0.206. The Morgan fingerprint density at radius 1 is 0.349 bits per heavy atom. The van der Waals surface area contributed by atoms with Crippen LogP contribution in [0.5, 0.6) is 0 Å². The van der Waals surface area contributed by atoms with E-state index in [0.717, 1.165) is 49.4 Å². The summed E-state index contributed by atoms with van der Waals surface area (Å²) in [7, 11) is 0. The van der Waals surface area contributed by atoms with Gasteiger partial charge in [-0.15, -0.1) is 0 Å². The smallest absolute Gasteiger partial charge is 0.164 e. The Bertz CT molecular complexity index is 2440. The van der Waals surface area contributed by atoms with Crippen LogP contribution in [0.2, 0.25) is 0 Å². The molecule has 0 radical (unpaired) electrons. The first-order valence-electron chi connectivity index (χ1n) is 14.4. The van der Waals surface area contributed by atoms with E-state index in [4.69, 9.17) is 19.4 Å². The molecule has 7 aromatic carbocycles. The number of fused-ring (bicyclic) bond motifs is 8. The van der Waals surface area contributed by atoms with Crippen molar-refractivity contribution in [3.8, 4) is 34.2 Å². The predicted octanol–water partition coefficient (Wildman–Crippen LogP) is 10.2. The molecular weight excluding hydrogens is 526 g/mol. The lowest BCUT2D eigenvalue weighted by molar-refractivity contribution is 0.669. The first-order valence-corrected chi connectivity index (χ1v) is 14.4. The van der Waals surface area contributed by atoms with Crippen molar-refractivity contribution < 1.29 is 4.42 Å². The van der Waals surface area contributed by atoms with Gasteiger partial charge in [-0.1, -0.05) is 115 Å². The standard InChI is InChI=1S/C39H23N3O/c1-3-9-25(10-4-1)37-40-38(26-11-5-2-6-12-26)42-39(41-37)29-19-20-30-27(21-29)17-15-24-16-18-28-22-35-33(23-32(28)36(24)30)31-13-7-8-14-34(31)43-35/h1-23H. The summed E-state index contributed by atoms with van der Waals surface area (Å²) in [6.07, 6.45) is 0. The summed E-state index contributed by atoms with van der Waals surface area (Å²) in [5.41, 5.74) is 4.69. The van der Waals surface area contributed by atoms with Crippen LogP contribution in [0.15, 0.2) is 144 Å². The Morgan fingerprint density at radius 2 is 0.930 bits per heavy atom. The van der Waals surface area contributed by atoms with E-state index in [9.17, 15) is 0 Å². The Kier molecular flexibility index (Phi) is 5.16. The molecule has 2 heterocycles. The number of furan rings is 1. The maximum atomic E-state index is 6.19. The molecule has 0 saturated carbocycles. The topological polar surface area (TPSA) is 51.8 Å². The second-order valence-corrected chi connectivity index (χ2v) is 10.9. The van der Waals surface area contributed by atoms with Crippen LogP contribution < -0.4 is 0 Å². The average Bonchev–Trinajstić information content (AvgIpc) is 3.44. The van der Waals surface area contributed by atoms with Gasteiger partial charge in [-0.2, -0.15) is 0 Å². The van der Waals surface area contributed by atoms with Crippen molar-refractivity contribution in [3.63, 3.8) is 0 Å². The third-order valence-corrected chi connectivity index (χ3v) is 8.27.